The van der Waals surface area contributed by atoms with Crippen LogP contribution >= 0.6 is 15.9 Å². The van der Waals surface area contributed by atoms with Crippen LogP contribution in [0.1, 0.15) is 12.0 Å². The van der Waals surface area contributed by atoms with Gasteiger partial charge in [-0.3, -0.25) is 4.79 Å². The summed E-state index contributed by atoms with van der Waals surface area (Å²) in [6.07, 6.45) is 2.66. The molecule has 0 fully saturated rings. The van der Waals surface area contributed by atoms with Crippen LogP contribution in [-0.4, -0.2) is 34.8 Å². The number of halogens is 1. The molecule has 0 aliphatic heterocycles. The fraction of sp³-hybridized carbons (Fsp3) is 0.375. The molecule has 1 heterocycles. The number of anilines is 1. The standard InChI is InChI=1S/C16H21BrN4O/c1-20(12-13-7-4-3-5-8-13)10-6-9-18-14-11-19-21(2)16(22)15(14)17/h3-5,7-8,11,18H,6,9-10,12H2,1-2H3. The van der Waals surface area contributed by atoms with Crippen molar-refractivity contribution in [3.05, 3.63) is 56.9 Å². The lowest BCUT2D eigenvalue weighted by Crippen LogP contribution is -2.23. The lowest BCUT2D eigenvalue weighted by Gasteiger charge is -2.17. The Balaban J connectivity index is 1.75. The molecule has 0 saturated carbocycles. The Bertz CT molecular complexity index is 657. The van der Waals surface area contributed by atoms with Crippen LogP contribution in [0.2, 0.25) is 0 Å². The summed E-state index contributed by atoms with van der Waals surface area (Å²) in [6, 6.07) is 10.4. The first-order valence-corrected chi connectivity index (χ1v) is 8.05. The summed E-state index contributed by atoms with van der Waals surface area (Å²) in [5, 5.41) is 7.26. The lowest BCUT2D eigenvalue weighted by atomic mass is 10.2. The SMILES string of the molecule is CN(CCCNc1cnn(C)c(=O)c1Br)Cc1ccccc1. The molecule has 1 N–H and O–H groups in total. The van der Waals surface area contributed by atoms with E-state index in [1.165, 1.54) is 10.2 Å². The summed E-state index contributed by atoms with van der Waals surface area (Å²) < 4.78 is 1.84. The molecular weight excluding hydrogens is 344 g/mol. The van der Waals surface area contributed by atoms with Crippen LogP contribution in [0, 0.1) is 0 Å². The van der Waals surface area contributed by atoms with Crippen molar-refractivity contribution in [2.24, 2.45) is 7.05 Å². The van der Waals surface area contributed by atoms with Gasteiger partial charge in [-0.05, 0) is 41.5 Å². The molecule has 0 bridgehead atoms. The van der Waals surface area contributed by atoms with E-state index in [4.69, 9.17) is 0 Å². The highest BCUT2D eigenvalue weighted by Crippen LogP contribution is 2.15. The van der Waals surface area contributed by atoms with Gasteiger partial charge in [0, 0.05) is 20.1 Å². The van der Waals surface area contributed by atoms with Crippen LogP contribution in [0.4, 0.5) is 5.69 Å². The molecule has 5 nitrogen and oxygen atoms in total. The summed E-state index contributed by atoms with van der Waals surface area (Å²) >= 11 is 3.31. The molecule has 22 heavy (non-hydrogen) atoms. The minimum absolute atomic E-state index is 0.133. The van der Waals surface area contributed by atoms with Crippen LogP contribution in [0.3, 0.4) is 0 Å². The van der Waals surface area contributed by atoms with Gasteiger partial charge in [0.05, 0.1) is 11.9 Å². The second-order valence-electron chi connectivity index (χ2n) is 5.30. The van der Waals surface area contributed by atoms with Gasteiger partial charge in [0.25, 0.3) is 5.56 Å². The molecule has 2 aromatic rings. The van der Waals surface area contributed by atoms with E-state index >= 15 is 0 Å². The van der Waals surface area contributed by atoms with E-state index in [2.05, 4.69) is 62.6 Å². The maximum Gasteiger partial charge on any atom is 0.282 e. The third-order valence-electron chi connectivity index (χ3n) is 3.41. The second kappa shape index (κ2) is 8.10. The molecule has 118 valence electrons. The van der Waals surface area contributed by atoms with Crippen LogP contribution in [-0.2, 0) is 13.6 Å². The quantitative estimate of drug-likeness (QED) is 0.766. The topological polar surface area (TPSA) is 50.2 Å². The molecule has 0 saturated heterocycles. The zero-order valence-corrected chi connectivity index (χ0v) is 14.5. The third-order valence-corrected chi connectivity index (χ3v) is 4.17. The largest absolute Gasteiger partial charge is 0.383 e. The highest BCUT2D eigenvalue weighted by atomic mass is 79.9. The van der Waals surface area contributed by atoms with E-state index in [-0.39, 0.29) is 5.56 Å². The van der Waals surface area contributed by atoms with Gasteiger partial charge in [-0.1, -0.05) is 30.3 Å². The normalized spacial score (nSPS) is 10.9. The van der Waals surface area contributed by atoms with Crippen LogP contribution in [0.5, 0.6) is 0 Å². The van der Waals surface area contributed by atoms with Crippen molar-refractivity contribution in [1.82, 2.24) is 14.7 Å². The first-order valence-electron chi connectivity index (χ1n) is 7.26. The average molecular weight is 365 g/mol. The van der Waals surface area contributed by atoms with Gasteiger partial charge < -0.3 is 10.2 Å². The van der Waals surface area contributed by atoms with Crippen molar-refractivity contribution in [3.63, 3.8) is 0 Å². The summed E-state index contributed by atoms with van der Waals surface area (Å²) in [5.74, 6) is 0. The molecule has 6 heteroatoms. The molecule has 1 aromatic carbocycles. The maximum atomic E-state index is 11.7. The monoisotopic (exact) mass is 364 g/mol. The third kappa shape index (κ3) is 4.68. The van der Waals surface area contributed by atoms with Crippen molar-refractivity contribution < 1.29 is 0 Å². The molecule has 0 aliphatic carbocycles. The molecule has 0 aliphatic rings. The zero-order valence-electron chi connectivity index (χ0n) is 12.9. The predicted octanol–water partition coefficient (Wildman–Crippen LogP) is 2.48. The molecule has 2 rings (SSSR count). The van der Waals surface area contributed by atoms with Gasteiger partial charge in [0.1, 0.15) is 4.47 Å². The summed E-state index contributed by atoms with van der Waals surface area (Å²) in [5.41, 5.74) is 1.93. The van der Waals surface area contributed by atoms with E-state index in [1.54, 1.807) is 13.2 Å². The molecule has 0 radical (unpaired) electrons. The minimum Gasteiger partial charge on any atom is -0.383 e. The van der Waals surface area contributed by atoms with Gasteiger partial charge in [-0.2, -0.15) is 5.10 Å². The number of hydrogen-bond acceptors (Lipinski definition) is 4. The van der Waals surface area contributed by atoms with Crippen molar-refractivity contribution >= 4 is 21.6 Å². The van der Waals surface area contributed by atoms with Crippen molar-refractivity contribution in [2.45, 2.75) is 13.0 Å². The average Bonchev–Trinajstić information content (AvgIpc) is 2.52. The van der Waals surface area contributed by atoms with Crippen LogP contribution in [0.25, 0.3) is 0 Å². The zero-order chi connectivity index (χ0) is 15.9. The molecular formula is C16H21BrN4O. The van der Waals surface area contributed by atoms with Crippen LogP contribution in [0.15, 0.2) is 45.8 Å². The maximum absolute atomic E-state index is 11.7. The highest BCUT2D eigenvalue weighted by molar-refractivity contribution is 9.10. The van der Waals surface area contributed by atoms with Gasteiger partial charge in [0.2, 0.25) is 0 Å². The molecule has 0 atom stereocenters. The van der Waals surface area contributed by atoms with Crippen LogP contribution < -0.4 is 10.9 Å². The number of aromatic nitrogens is 2. The Morgan fingerprint density at radius 2 is 2.05 bits per heavy atom. The molecule has 0 unspecified atom stereocenters. The number of hydrogen-bond donors (Lipinski definition) is 1. The first kappa shape index (κ1) is 16.7. The van der Waals surface area contributed by atoms with Gasteiger partial charge in [-0.15, -0.1) is 0 Å². The minimum atomic E-state index is -0.133. The first-order chi connectivity index (χ1) is 10.6. The van der Waals surface area contributed by atoms with E-state index in [0.29, 0.717) is 4.47 Å². The molecule has 1 aromatic heterocycles. The lowest BCUT2D eigenvalue weighted by molar-refractivity contribution is 0.325. The smallest absolute Gasteiger partial charge is 0.282 e. The predicted molar refractivity (Wildman–Crippen MR) is 93.1 cm³/mol. The van der Waals surface area contributed by atoms with Gasteiger partial charge in [-0.25, -0.2) is 4.68 Å². The summed E-state index contributed by atoms with van der Waals surface area (Å²) in [6.45, 7) is 2.72. The number of benzene rings is 1. The van der Waals surface area contributed by atoms with E-state index in [9.17, 15) is 4.79 Å². The summed E-state index contributed by atoms with van der Waals surface area (Å²) in [4.78, 5) is 14.0. The Morgan fingerprint density at radius 1 is 1.32 bits per heavy atom. The number of nitrogens with zero attached hydrogens (tertiary/aromatic N) is 3. The Kier molecular flexibility index (Phi) is 6.15. The van der Waals surface area contributed by atoms with Crippen molar-refractivity contribution in [1.29, 1.82) is 0 Å². The van der Waals surface area contributed by atoms with Crippen molar-refractivity contribution in [3.8, 4) is 0 Å². The fourth-order valence-electron chi connectivity index (χ4n) is 2.18. The highest BCUT2D eigenvalue weighted by Gasteiger charge is 2.06. The van der Waals surface area contributed by atoms with E-state index in [1.807, 2.05) is 6.07 Å². The van der Waals surface area contributed by atoms with E-state index < -0.39 is 0 Å². The van der Waals surface area contributed by atoms with Gasteiger partial charge >= 0.3 is 0 Å². The number of aryl methyl sites for hydroxylation is 1. The Labute approximate surface area is 139 Å². The second-order valence-corrected chi connectivity index (χ2v) is 6.10. The van der Waals surface area contributed by atoms with E-state index in [0.717, 1.165) is 31.7 Å². The molecule has 0 amide bonds. The Morgan fingerprint density at radius 3 is 2.77 bits per heavy atom. The Hall–Kier alpha value is -1.66. The van der Waals surface area contributed by atoms with Gasteiger partial charge in [0.15, 0.2) is 0 Å². The summed E-state index contributed by atoms with van der Waals surface area (Å²) in [7, 11) is 3.75. The van der Waals surface area contributed by atoms with Crippen molar-refractivity contribution in [2.75, 3.05) is 25.5 Å². The fourth-order valence-corrected chi connectivity index (χ4v) is 2.68. The molecule has 0 spiro atoms. The number of rotatable bonds is 7. The number of nitrogens with one attached hydrogen (secondary N) is 1.